The maximum Gasteiger partial charge on any atom is 0.407 e. The molecule has 1 unspecified atom stereocenters. The van der Waals surface area contributed by atoms with Gasteiger partial charge in [0.05, 0.1) is 13.2 Å². The Hall–Kier alpha value is -1.19. The molecular formula is C8H15NO3. The van der Waals surface area contributed by atoms with E-state index in [2.05, 4.69) is 16.6 Å². The van der Waals surface area contributed by atoms with Crippen molar-refractivity contribution in [2.24, 2.45) is 5.92 Å². The SMILES string of the molecule is C=C(O)C(NC(=O)OC)C(C)C. The van der Waals surface area contributed by atoms with Crippen molar-refractivity contribution in [1.82, 2.24) is 5.32 Å². The van der Waals surface area contributed by atoms with Crippen molar-refractivity contribution in [3.63, 3.8) is 0 Å². The lowest BCUT2D eigenvalue weighted by Gasteiger charge is -2.19. The van der Waals surface area contributed by atoms with E-state index < -0.39 is 12.1 Å². The minimum Gasteiger partial charge on any atom is -0.511 e. The zero-order valence-electron chi connectivity index (χ0n) is 7.63. The topological polar surface area (TPSA) is 58.6 Å². The number of amides is 1. The minimum absolute atomic E-state index is 0.0598. The van der Waals surface area contributed by atoms with Gasteiger partial charge in [0.25, 0.3) is 0 Å². The highest BCUT2D eigenvalue weighted by Crippen LogP contribution is 2.07. The number of aliphatic hydroxyl groups excluding tert-OH is 1. The third-order valence-corrected chi connectivity index (χ3v) is 1.48. The molecule has 1 amide bonds. The summed E-state index contributed by atoms with van der Waals surface area (Å²) in [6.07, 6.45) is -0.566. The van der Waals surface area contributed by atoms with Crippen LogP contribution in [0.25, 0.3) is 0 Å². The summed E-state index contributed by atoms with van der Waals surface area (Å²) in [5.74, 6) is 0.0250. The first kappa shape index (κ1) is 10.8. The van der Waals surface area contributed by atoms with Crippen LogP contribution in [0.15, 0.2) is 12.3 Å². The third kappa shape index (κ3) is 3.27. The van der Waals surface area contributed by atoms with Gasteiger partial charge in [-0.1, -0.05) is 20.4 Å². The molecule has 4 nitrogen and oxygen atoms in total. The van der Waals surface area contributed by atoms with E-state index in [9.17, 15) is 4.79 Å². The van der Waals surface area contributed by atoms with Crippen LogP contribution in [0.5, 0.6) is 0 Å². The largest absolute Gasteiger partial charge is 0.511 e. The maximum absolute atomic E-state index is 10.7. The van der Waals surface area contributed by atoms with Crippen molar-refractivity contribution in [1.29, 1.82) is 0 Å². The summed E-state index contributed by atoms with van der Waals surface area (Å²) in [4.78, 5) is 10.7. The Kier molecular flexibility index (Phi) is 4.18. The first-order valence-electron chi connectivity index (χ1n) is 3.71. The standard InChI is InChI=1S/C8H15NO3/c1-5(2)7(6(3)10)9-8(11)12-4/h5,7,10H,3H2,1-2,4H3,(H,9,11). The molecule has 0 saturated carbocycles. The van der Waals surface area contributed by atoms with Gasteiger partial charge in [0.2, 0.25) is 0 Å². The predicted octanol–water partition coefficient (Wildman–Crippen LogP) is 1.44. The van der Waals surface area contributed by atoms with Gasteiger partial charge in [0.1, 0.15) is 5.76 Å². The Labute approximate surface area is 72.2 Å². The van der Waals surface area contributed by atoms with E-state index in [0.29, 0.717) is 0 Å². The van der Waals surface area contributed by atoms with Crippen LogP contribution in [-0.2, 0) is 4.74 Å². The molecule has 0 aromatic carbocycles. The molecule has 0 radical (unpaired) electrons. The number of alkyl carbamates (subject to hydrolysis) is 1. The minimum atomic E-state index is -0.566. The number of hydrogen-bond donors (Lipinski definition) is 2. The van der Waals surface area contributed by atoms with Crippen molar-refractivity contribution in [2.45, 2.75) is 19.9 Å². The molecule has 0 aromatic heterocycles. The Morgan fingerprint density at radius 2 is 2.08 bits per heavy atom. The number of carbonyl (C=O) groups excluding carboxylic acids is 1. The fourth-order valence-electron chi connectivity index (χ4n) is 0.821. The third-order valence-electron chi connectivity index (χ3n) is 1.48. The number of ether oxygens (including phenoxy) is 1. The average Bonchev–Trinajstić information content (AvgIpc) is 1.98. The van der Waals surface area contributed by atoms with Gasteiger partial charge in [-0.25, -0.2) is 4.79 Å². The summed E-state index contributed by atoms with van der Waals surface area (Å²) in [6.45, 7) is 7.08. The van der Waals surface area contributed by atoms with E-state index in [0.717, 1.165) is 0 Å². The van der Waals surface area contributed by atoms with Crippen molar-refractivity contribution in [2.75, 3.05) is 7.11 Å². The molecule has 0 aliphatic carbocycles. The van der Waals surface area contributed by atoms with Crippen LogP contribution < -0.4 is 5.32 Å². The zero-order valence-corrected chi connectivity index (χ0v) is 7.63. The first-order valence-corrected chi connectivity index (χ1v) is 3.71. The van der Waals surface area contributed by atoms with Crippen LogP contribution in [0, 0.1) is 5.92 Å². The Bertz CT molecular complexity index is 177. The van der Waals surface area contributed by atoms with Gasteiger partial charge in [-0.15, -0.1) is 0 Å². The normalized spacial score (nSPS) is 12.3. The molecule has 4 heteroatoms. The molecule has 12 heavy (non-hydrogen) atoms. The lowest BCUT2D eigenvalue weighted by molar-refractivity contribution is 0.160. The molecule has 70 valence electrons. The molecule has 0 fully saturated rings. The van der Waals surface area contributed by atoms with E-state index in [1.165, 1.54) is 7.11 Å². The molecular weight excluding hydrogens is 158 g/mol. The average molecular weight is 173 g/mol. The summed E-state index contributed by atoms with van der Waals surface area (Å²) in [6, 6.07) is -0.447. The second-order valence-electron chi connectivity index (χ2n) is 2.85. The molecule has 2 N–H and O–H groups in total. The molecule has 0 bridgehead atoms. The van der Waals surface area contributed by atoms with Gasteiger partial charge in [-0.3, -0.25) is 0 Å². The molecule has 0 heterocycles. The van der Waals surface area contributed by atoms with Crippen molar-refractivity contribution >= 4 is 6.09 Å². The van der Waals surface area contributed by atoms with E-state index in [-0.39, 0.29) is 11.7 Å². The van der Waals surface area contributed by atoms with E-state index in [1.54, 1.807) is 0 Å². The monoisotopic (exact) mass is 173 g/mol. The molecule has 0 aliphatic rings. The summed E-state index contributed by atoms with van der Waals surface area (Å²) in [7, 11) is 1.27. The van der Waals surface area contributed by atoms with Gasteiger partial charge >= 0.3 is 6.09 Å². The highest BCUT2D eigenvalue weighted by molar-refractivity contribution is 5.67. The number of methoxy groups -OCH3 is 1. The van der Waals surface area contributed by atoms with E-state index in [4.69, 9.17) is 5.11 Å². The molecule has 0 aliphatic heterocycles. The fraction of sp³-hybridized carbons (Fsp3) is 0.625. The van der Waals surface area contributed by atoms with Crippen LogP contribution in [0.3, 0.4) is 0 Å². The quantitative estimate of drug-likeness (QED) is 0.635. The second-order valence-corrected chi connectivity index (χ2v) is 2.85. The second kappa shape index (κ2) is 4.64. The molecule has 1 atom stereocenters. The first-order chi connectivity index (χ1) is 5.49. The van der Waals surface area contributed by atoms with Gasteiger partial charge in [-0.2, -0.15) is 0 Å². The summed E-state index contributed by atoms with van der Waals surface area (Å²) in [5.41, 5.74) is 0. The summed E-state index contributed by atoms with van der Waals surface area (Å²) < 4.78 is 4.38. The summed E-state index contributed by atoms with van der Waals surface area (Å²) >= 11 is 0. The van der Waals surface area contributed by atoms with Gasteiger partial charge < -0.3 is 15.2 Å². The Morgan fingerprint density at radius 1 is 1.58 bits per heavy atom. The van der Waals surface area contributed by atoms with Crippen LogP contribution in [0.2, 0.25) is 0 Å². The highest BCUT2D eigenvalue weighted by Gasteiger charge is 2.18. The number of rotatable bonds is 3. The smallest absolute Gasteiger partial charge is 0.407 e. The molecule has 0 aromatic rings. The van der Waals surface area contributed by atoms with Crippen molar-refractivity contribution in [3.05, 3.63) is 12.3 Å². The maximum atomic E-state index is 10.7. The fourth-order valence-corrected chi connectivity index (χ4v) is 0.821. The van der Waals surface area contributed by atoms with Crippen LogP contribution in [-0.4, -0.2) is 24.4 Å². The summed E-state index contributed by atoms with van der Waals surface area (Å²) in [5, 5.41) is 11.5. The van der Waals surface area contributed by atoms with Crippen molar-refractivity contribution < 1.29 is 14.6 Å². The van der Waals surface area contributed by atoms with Crippen LogP contribution in [0.4, 0.5) is 4.79 Å². The molecule has 0 rings (SSSR count). The lowest BCUT2D eigenvalue weighted by atomic mass is 10.0. The molecule has 0 spiro atoms. The van der Waals surface area contributed by atoms with Crippen LogP contribution in [0.1, 0.15) is 13.8 Å². The number of hydrogen-bond acceptors (Lipinski definition) is 3. The van der Waals surface area contributed by atoms with Crippen molar-refractivity contribution in [3.8, 4) is 0 Å². The number of nitrogens with one attached hydrogen (secondary N) is 1. The molecule has 0 saturated heterocycles. The van der Waals surface area contributed by atoms with Crippen LogP contribution >= 0.6 is 0 Å². The predicted molar refractivity (Wildman–Crippen MR) is 45.9 cm³/mol. The van der Waals surface area contributed by atoms with Gasteiger partial charge in [-0.05, 0) is 5.92 Å². The zero-order chi connectivity index (χ0) is 9.72. The van der Waals surface area contributed by atoms with Gasteiger partial charge in [0.15, 0.2) is 0 Å². The number of carbonyl (C=O) groups is 1. The van der Waals surface area contributed by atoms with Gasteiger partial charge in [0, 0.05) is 0 Å². The Balaban J connectivity index is 4.14. The highest BCUT2D eigenvalue weighted by atomic mass is 16.5. The van der Waals surface area contributed by atoms with E-state index >= 15 is 0 Å². The lowest BCUT2D eigenvalue weighted by Crippen LogP contribution is -2.39. The number of aliphatic hydroxyl groups is 1. The Morgan fingerprint density at radius 3 is 2.33 bits per heavy atom. The van der Waals surface area contributed by atoms with E-state index in [1.807, 2.05) is 13.8 Å².